The summed E-state index contributed by atoms with van der Waals surface area (Å²) in [5.74, 6) is 1.39. The van der Waals surface area contributed by atoms with Gasteiger partial charge in [-0.3, -0.25) is 0 Å². The minimum absolute atomic E-state index is 0.220. The highest BCUT2D eigenvalue weighted by Crippen LogP contribution is 2.18. The monoisotopic (exact) mass is 285 g/mol. The van der Waals surface area contributed by atoms with Crippen molar-refractivity contribution >= 4 is 17.6 Å². The maximum atomic E-state index is 5.59. The second-order valence-electron chi connectivity index (χ2n) is 4.27. The molecule has 0 saturated carbocycles. The molecule has 1 aromatic rings. The molecule has 5 nitrogen and oxygen atoms in total. The van der Waals surface area contributed by atoms with Gasteiger partial charge < -0.3 is 14.8 Å². The van der Waals surface area contributed by atoms with E-state index in [9.17, 15) is 0 Å². The molecule has 0 amide bonds. The number of hydrogen-bond acceptors (Lipinski definition) is 6. The van der Waals surface area contributed by atoms with Gasteiger partial charge in [-0.1, -0.05) is 18.7 Å². The van der Waals surface area contributed by atoms with Crippen molar-refractivity contribution in [1.82, 2.24) is 9.97 Å². The van der Waals surface area contributed by atoms with Crippen molar-refractivity contribution in [3.8, 4) is 5.88 Å². The Morgan fingerprint density at radius 3 is 2.74 bits per heavy atom. The van der Waals surface area contributed by atoms with Crippen molar-refractivity contribution in [3.63, 3.8) is 0 Å². The van der Waals surface area contributed by atoms with Gasteiger partial charge in [-0.2, -0.15) is 4.98 Å². The minimum atomic E-state index is 0.220. The zero-order valence-electron chi connectivity index (χ0n) is 12.1. The van der Waals surface area contributed by atoms with Crippen LogP contribution in [0.5, 0.6) is 5.88 Å². The van der Waals surface area contributed by atoms with Gasteiger partial charge in [0, 0.05) is 12.6 Å². The highest BCUT2D eigenvalue weighted by atomic mass is 32.2. The van der Waals surface area contributed by atoms with Gasteiger partial charge in [0.25, 0.3) is 0 Å². The number of anilines is 1. The van der Waals surface area contributed by atoms with Gasteiger partial charge >= 0.3 is 0 Å². The number of thioether (sulfide) groups is 1. The van der Waals surface area contributed by atoms with Crippen LogP contribution in [0.15, 0.2) is 11.2 Å². The van der Waals surface area contributed by atoms with E-state index in [1.807, 2.05) is 26.2 Å². The van der Waals surface area contributed by atoms with E-state index >= 15 is 0 Å². The third-order valence-corrected chi connectivity index (χ3v) is 2.75. The van der Waals surface area contributed by atoms with E-state index in [-0.39, 0.29) is 6.10 Å². The maximum Gasteiger partial charge on any atom is 0.219 e. The minimum Gasteiger partial charge on any atom is -0.475 e. The Hall–Kier alpha value is -1.01. The molecule has 1 rings (SSSR count). The number of aromatic nitrogens is 2. The van der Waals surface area contributed by atoms with Crippen molar-refractivity contribution in [2.24, 2.45) is 0 Å². The first kappa shape index (κ1) is 16.0. The van der Waals surface area contributed by atoms with Crippen LogP contribution < -0.4 is 10.1 Å². The zero-order valence-corrected chi connectivity index (χ0v) is 12.9. The summed E-state index contributed by atoms with van der Waals surface area (Å²) in [7, 11) is 0. The molecular weight excluding hydrogens is 262 g/mol. The molecule has 0 aromatic carbocycles. The molecule has 19 heavy (non-hydrogen) atoms. The van der Waals surface area contributed by atoms with Gasteiger partial charge in [0.05, 0.1) is 12.7 Å². The number of nitrogens with zero attached hydrogens (tertiary/aromatic N) is 2. The largest absolute Gasteiger partial charge is 0.475 e. The fourth-order valence-electron chi connectivity index (χ4n) is 1.34. The first-order valence-corrected chi connectivity index (χ1v) is 7.79. The molecule has 1 heterocycles. The molecule has 0 unspecified atom stereocenters. The van der Waals surface area contributed by atoms with Crippen LogP contribution in [0.2, 0.25) is 0 Å². The van der Waals surface area contributed by atoms with Crippen LogP contribution in [0.3, 0.4) is 0 Å². The van der Waals surface area contributed by atoms with E-state index in [0.29, 0.717) is 24.3 Å². The summed E-state index contributed by atoms with van der Waals surface area (Å²) in [6.07, 6.45) is 3.22. The normalized spacial score (nSPS) is 10.8. The Morgan fingerprint density at radius 2 is 2.11 bits per heavy atom. The molecule has 6 heteroatoms. The van der Waals surface area contributed by atoms with Gasteiger partial charge in [0.1, 0.15) is 12.4 Å². The van der Waals surface area contributed by atoms with E-state index in [4.69, 9.17) is 9.47 Å². The Bertz CT molecular complexity index is 375. The molecule has 0 aliphatic carbocycles. The van der Waals surface area contributed by atoms with Crippen LogP contribution in [0.4, 0.5) is 5.82 Å². The first-order chi connectivity index (χ1) is 9.15. The summed E-state index contributed by atoms with van der Waals surface area (Å²) >= 11 is 1.50. The lowest BCUT2D eigenvalue weighted by atomic mass is 10.4. The van der Waals surface area contributed by atoms with Crippen molar-refractivity contribution in [2.45, 2.75) is 38.5 Å². The van der Waals surface area contributed by atoms with Crippen molar-refractivity contribution in [1.29, 1.82) is 0 Å². The Morgan fingerprint density at radius 1 is 1.32 bits per heavy atom. The van der Waals surface area contributed by atoms with Gasteiger partial charge in [-0.15, -0.1) is 0 Å². The third-order valence-electron chi connectivity index (χ3n) is 2.21. The molecule has 1 aromatic heterocycles. The van der Waals surface area contributed by atoms with Crippen molar-refractivity contribution in [2.75, 3.05) is 31.3 Å². The number of hydrogen-bond donors (Lipinski definition) is 1. The Labute approximate surface area is 119 Å². The van der Waals surface area contributed by atoms with Crippen LogP contribution in [-0.4, -0.2) is 42.1 Å². The summed E-state index contributed by atoms with van der Waals surface area (Å²) in [4.78, 5) is 8.69. The molecule has 0 radical (unpaired) electrons. The summed E-state index contributed by atoms with van der Waals surface area (Å²) < 4.78 is 11.0. The topological polar surface area (TPSA) is 56.3 Å². The van der Waals surface area contributed by atoms with Crippen LogP contribution >= 0.6 is 11.8 Å². The van der Waals surface area contributed by atoms with E-state index in [1.54, 1.807) is 0 Å². The van der Waals surface area contributed by atoms with Crippen molar-refractivity contribution < 1.29 is 9.47 Å². The fourth-order valence-corrected chi connectivity index (χ4v) is 1.71. The predicted octanol–water partition coefficient (Wildman–Crippen LogP) is 2.82. The number of ether oxygens (including phenoxy) is 2. The van der Waals surface area contributed by atoms with Gasteiger partial charge in [0.2, 0.25) is 5.88 Å². The lowest BCUT2D eigenvalue weighted by molar-refractivity contribution is 0.0541. The maximum absolute atomic E-state index is 5.59. The van der Waals surface area contributed by atoms with E-state index in [2.05, 4.69) is 22.2 Å². The van der Waals surface area contributed by atoms with Gasteiger partial charge in [-0.25, -0.2) is 4.98 Å². The SMILES string of the molecule is CCCNc1cc(OCCOC(C)C)nc(SC)n1. The van der Waals surface area contributed by atoms with Gasteiger partial charge in [-0.05, 0) is 26.5 Å². The van der Waals surface area contributed by atoms with Crippen molar-refractivity contribution in [3.05, 3.63) is 6.07 Å². The standard InChI is InChI=1S/C13H23N3O2S/c1-5-6-14-11-9-12(16-13(15-11)19-4)18-8-7-17-10(2)3/h9-10H,5-8H2,1-4H3,(H,14,15,16). The smallest absolute Gasteiger partial charge is 0.219 e. The highest BCUT2D eigenvalue weighted by molar-refractivity contribution is 7.98. The average molecular weight is 285 g/mol. The van der Waals surface area contributed by atoms with Crippen LogP contribution in [0.1, 0.15) is 27.2 Å². The summed E-state index contributed by atoms with van der Waals surface area (Å²) in [5, 5.41) is 3.95. The summed E-state index contributed by atoms with van der Waals surface area (Å²) in [6, 6.07) is 1.82. The number of rotatable bonds is 9. The van der Waals surface area contributed by atoms with Crippen LogP contribution in [-0.2, 0) is 4.74 Å². The van der Waals surface area contributed by atoms with Gasteiger partial charge in [0.15, 0.2) is 5.16 Å². The molecule has 108 valence electrons. The molecule has 0 aliphatic rings. The molecular formula is C13H23N3O2S. The van der Waals surface area contributed by atoms with Crippen LogP contribution in [0, 0.1) is 0 Å². The second kappa shape index (κ2) is 8.98. The van der Waals surface area contributed by atoms with Crippen LogP contribution in [0.25, 0.3) is 0 Å². The third kappa shape index (κ3) is 6.63. The fraction of sp³-hybridized carbons (Fsp3) is 0.692. The summed E-state index contributed by atoms with van der Waals surface area (Å²) in [5.41, 5.74) is 0. The molecule has 0 atom stereocenters. The van der Waals surface area contributed by atoms with E-state index < -0.39 is 0 Å². The Balaban J connectivity index is 2.55. The van der Waals surface area contributed by atoms with E-state index in [0.717, 1.165) is 18.8 Å². The lowest BCUT2D eigenvalue weighted by Crippen LogP contribution is -2.12. The lowest BCUT2D eigenvalue weighted by Gasteiger charge is -2.11. The molecule has 0 aliphatic heterocycles. The second-order valence-corrected chi connectivity index (χ2v) is 5.05. The average Bonchev–Trinajstić information content (AvgIpc) is 2.41. The molecule has 0 bridgehead atoms. The molecule has 0 spiro atoms. The number of nitrogens with one attached hydrogen (secondary N) is 1. The predicted molar refractivity (Wildman–Crippen MR) is 79.2 cm³/mol. The summed E-state index contributed by atoms with van der Waals surface area (Å²) in [6.45, 7) is 8.07. The molecule has 1 N–H and O–H groups in total. The molecule has 0 saturated heterocycles. The highest BCUT2D eigenvalue weighted by Gasteiger charge is 2.05. The quantitative estimate of drug-likeness (QED) is 0.428. The van der Waals surface area contributed by atoms with E-state index in [1.165, 1.54) is 11.8 Å². The first-order valence-electron chi connectivity index (χ1n) is 6.57. The Kier molecular flexibility index (Phi) is 7.59. The molecule has 0 fully saturated rings. The zero-order chi connectivity index (χ0) is 14.1.